The maximum absolute atomic E-state index is 12.9. The largest absolute Gasteiger partial charge is 0.508 e. The molecule has 0 unspecified atom stereocenters. The summed E-state index contributed by atoms with van der Waals surface area (Å²) in [5, 5.41) is 12.7. The fraction of sp³-hybridized carbons (Fsp3) is 0.538. The number of hydrogen-bond donors (Lipinski definition) is 2. The lowest BCUT2D eigenvalue weighted by atomic mass is 10.2. The standard InChI is InChI=1S/C13H21FN2O/c1-16(2)8-4-3-7-15-10-11-9-12(14)5-6-13(11)17/h5-6,9,15,17H,3-4,7-8,10H2,1-2H3. The van der Waals surface area contributed by atoms with Gasteiger partial charge >= 0.3 is 0 Å². The number of nitrogens with zero attached hydrogens (tertiary/aromatic N) is 1. The zero-order chi connectivity index (χ0) is 12.7. The Bertz CT molecular complexity index is 342. The van der Waals surface area contributed by atoms with Gasteiger partial charge in [-0.25, -0.2) is 4.39 Å². The van der Waals surface area contributed by atoms with Crippen molar-refractivity contribution in [1.82, 2.24) is 10.2 Å². The SMILES string of the molecule is CN(C)CCCCNCc1cc(F)ccc1O. The molecule has 0 heterocycles. The number of phenolic OH excluding ortho intramolecular Hbond substituents is 1. The molecule has 1 aromatic rings. The van der Waals surface area contributed by atoms with Gasteiger partial charge in [0.15, 0.2) is 0 Å². The maximum atomic E-state index is 12.9. The van der Waals surface area contributed by atoms with Crippen LogP contribution in [0.4, 0.5) is 4.39 Å². The highest BCUT2D eigenvalue weighted by Crippen LogP contribution is 2.17. The topological polar surface area (TPSA) is 35.5 Å². The molecule has 17 heavy (non-hydrogen) atoms. The van der Waals surface area contributed by atoms with Crippen molar-refractivity contribution in [2.75, 3.05) is 27.2 Å². The molecule has 0 fully saturated rings. The lowest BCUT2D eigenvalue weighted by Crippen LogP contribution is -2.18. The van der Waals surface area contributed by atoms with E-state index in [-0.39, 0.29) is 11.6 Å². The highest BCUT2D eigenvalue weighted by molar-refractivity contribution is 5.32. The second-order valence-corrected chi connectivity index (χ2v) is 4.46. The summed E-state index contributed by atoms with van der Waals surface area (Å²) in [7, 11) is 4.11. The van der Waals surface area contributed by atoms with E-state index < -0.39 is 0 Å². The molecular weight excluding hydrogens is 219 g/mol. The van der Waals surface area contributed by atoms with Gasteiger partial charge < -0.3 is 15.3 Å². The summed E-state index contributed by atoms with van der Waals surface area (Å²) in [4.78, 5) is 2.15. The van der Waals surface area contributed by atoms with Crippen LogP contribution in [0.2, 0.25) is 0 Å². The Morgan fingerprint density at radius 3 is 2.76 bits per heavy atom. The Balaban J connectivity index is 2.20. The molecular formula is C13H21FN2O. The summed E-state index contributed by atoms with van der Waals surface area (Å²) >= 11 is 0. The molecule has 0 aliphatic carbocycles. The van der Waals surface area contributed by atoms with E-state index in [1.165, 1.54) is 18.2 Å². The van der Waals surface area contributed by atoms with Gasteiger partial charge in [-0.15, -0.1) is 0 Å². The van der Waals surface area contributed by atoms with Gasteiger partial charge in [-0.1, -0.05) is 0 Å². The molecule has 0 aliphatic rings. The van der Waals surface area contributed by atoms with Crippen LogP contribution in [0.5, 0.6) is 5.75 Å². The van der Waals surface area contributed by atoms with Crippen LogP contribution in [0, 0.1) is 5.82 Å². The predicted octanol–water partition coefficient (Wildman–Crippen LogP) is 1.96. The van der Waals surface area contributed by atoms with Crippen LogP contribution in [0.1, 0.15) is 18.4 Å². The first-order valence-electron chi connectivity index (χ1n) is 5.92. The van der Waals surface area contributed by atoms with E-state index in [4.69, 9.17) is 0 Å². The van der Waals surface area contributed by atoms with Gasteiger partial charge in [-0.2, -0.15) is 0 Å². The minimum Gasteiger partial charge on any atom is -0.508 e. The first kappa shape index (κ1) is 13.9. The van der Waals surface area contributed by atoms with E-state index in [0.29, 0.717) is 12.1 Å². The summed E-state index contributed by atoms with van der Waals surface area (Å²) in [6, 6.07) is 4.01. The van der Waals surface area contributed by atoms with E-state index >= 15 is 0 Å². The first-order valence-corrected chi connectivity index (χ1v) is 5.92. The summed E-state index contributed by atoms with van der Waals surface area (Å²) in [5.41, 5.74) is 0.609. The second-order valence-electron chi connectivity index (χ2n) is 4.46. The van der Waals surface area contributed by atoms with Crippen LogP contribution < -0.4 is 5.32 Å². The van der Waals surface area contributed by atoms with Crippen molar-refractivity contribution in [3.63, 3.8) is 0 Å². The Morgan fingerprint density at radius 2 is 2.06 bits per heavy atom. The average molecular weight is 240 g/mol. The number of benzene rings is 1. The number of rotatable bonds is 7. The molecule has 0 aliphatic heterocycles. The van der Waals surface area contributed by atoms with Crippen LogP contribution in [0.3, 0.4) is 0 Å². The molecule has 0 saturated carbocycles. The quantitative estimate of drug-likeness (QED) is 0.715. The molecule has 3 nitrogen and oxygen atoms in total. The molecule has 0 saturated heterocycles. The Kier molecular flexibility index (Phi) is 5.94. The molecule has 0 aromatic heterocycles. The smallest absolute Gasteiger partial charge is 0.123 e. The summed E-state index contributed by atoms with van der Waals surface area (Å²) in [6.45, 7) is 2.46. The Labute approximate surface area is 102 Å². The molecule has 96 valence electrons. The average Bonchev–Trinajstić information content (AvgIpc) is 2.27. The molecule has 0 amide bonds. The zero-order valence-corrected chi connectivity index (χ0v) is 10.5. The van der Waals surface area contributed by atoms with Crippen LogP contribution in [-0.2, 0) is 6.54 Å². The second kappa shape index (κ2) is 7.25. The van der Waals surface area contributed by atoms with E-state index in [9.17, 15) is 9.50 Å². The lowest BCUT2D eigenvalue weighted by Gasteiger charge is -2.10. The normalized spacial score (nSPS) is 11.1. The first-order chi connectivity index (χ1) is 8.09. The minimum atomic E-state index is -0.313. The molecule has 1 aromatic carbocycles. The number of phenols is 1. The van der Waals surface area contributed by atoms with Crippen molar-refractivity contribution in [2.24, 2.45) is 0 Å². The van der Waals surface area contributed by atoms with Crippen LogP contribution in [-0.4, -0.2) is 37.2 Å². The molecule has 2 N–H and O–H groups in total. The summed E-state index contributed by atoms with van der Waals surface area (Å²) in [6.07, 6.45) is 2.21. The number of nitrogens with one attached hydrogen (secondary N) is 1. The van der Waals surface area contributed by atoms with Gasteiger partial charge in [0.1, 0.15) is 11.6 Å². The molecule has 0 radical (unpaired) electrons. The van der Waals surface area contributed by atoms with E-state index in [1.807, 2.05) is 0 Å². The van der Waals surface area contributed by atoms with Crippen molar-refractivity contribution >= 4 is 0 Å². The third-order valence-corrected chi connectivity index (χ3v) is 2.57. The Hall–Kier alpha value is -1.13. The lowest BCUT2D eigenvalue weighted by molar-refractivity contribution is 0.391. The number of hydrogen-bond acceptors (Lipinski definition) is 3. The van der Waals surface area contributed by atoms with Gasteiger partial charge in [0.25, 0.3) is 0 Å². The van der Waals surface area contributed by atoms with Crippen LogP contribution >= 0.6 is 0 Å². The van der Waals surface area contributed by atoms with Crippen LogP contribution in [0.15, 0.2) is 18.2 Å². The van der Waals surface area contributed by atoms with Crippen molar-refractivity contribution in [1.29, 1.82) is 0 Å². The maximum Gasteiger partial charge on any atom is 0.123 e. The van der Waals surface area contributed by atoms with Gasteiger partial charge in [-0.3, -0.25) is 0 Å². The number of unbranched alkanes of at least 4 members (excludes halogenated alkanes) is 1. The van der Waals surface area contributed by atoms with Gasteiger partial charge in [-0.05, 0) is 58.2 Å². The van der Waals surface area contributed by atoms with Crippen molar-refractivity contribution in [2.45, 2.75) is 19.4 Å². The minimum absolute atomic E-state index is 0.146. The molecule has 0 bridgehead atoms. The fourth-order valence-electron chi connectivity index (χ4n) is 1.60. The highest BCUT2D eigenvalue weighted by atomic mass is 19.1. The van der Waals surface area contributed by atoms with E-state index in [2.05, 4.69) is 24.3 Å². The summed E-state index contributed by atoms with van der Waals surface area (Å²) in [5.74, 6) is -0.167. The molecule has 4 heteroatoms. The van der Waals surface area contributed by atoms with E-state index in [1.54, 1.807) is 0 Å². The monoisotopic (exact) mass is 240 g/mol. The van der Waals surface area contributed by atoms with Gasteiger partial charge in [0, 0.05) is 12.1 Å². The zero-order valence-electron chi connectivity index (χ0n) is 10.5. The predicted molar refractivity (Wildman–Crippen MR) is 67.6 cm³/mol. The molecule has 1 rings (SSSR count). The third-order valence-electron chi connectivity index (χ3n) is 2.57. The molecule has 0 spiro atoms. The van der Waals surface area contributed by atoms with Crippen molar-refractivity contribution in [3.8, 4) is 5.75 Å². The van der Waals surface area contributed by atoms with Gasteiger partial charge in [0.2, 0.25) is 0 Å². The third kappa shape index (κ3) is 5.65. The van der Waals surface area contributed by atoms with Crippen LogP contribution in [0.25, 0.3) is 0 Å². The fourth-order valence-corrected chi connectivity index (χ4v) is 1.60. The molecule has 0 atom stereocenters. The van der Waals surface area contributed by atoms with Crippen molar-refractivity contribution < 1.29 is 9.50 Å². The summed E-state index contributed by atoms with van der Waals surface area (Å²) < 4.78 is 12.9. The Morgan fingerprint density at radius 1 is 1.29 bits per heavy atom. The van der Waals surface area contributed by atoms with Gasteiger partial charge in [0.05, 0.1) is 0 Å². The van der Waals surface area contributed by atoms with Crippen molar-refractivity contribution in [3.05, 3.63) is 29.6 Å². The van der Waals surface area contributed by atoms with E-state index in [0.717, 1.165) is 25.9 Å². The highest BCUT2D eigenvalue weighted by Gasteiger charge is 2.02. The number of aromatic hydroxyl groups is 1. The number of halogens is 1.